The first kappa shape index (κ1) is 13.3. The first-order valence-electron chi connectivity index (χ1n) is 7.03. The molecule has 0 unspecified atom stereocenters. The van der Waals surface area contributed by atoms with Gasteiger partial charge in [-0.1, -0.05) is 0 Å². The van der Waals surface area contributed by atoms with Crippen LogP contribution in [-0.4, -0.2) is 9.55 Å². The van der Waals surface area contributed by atoms with E-state index in [2.05, 4.69) is 9.55 Å². The van der Waals surface area contributed by atoms with Crippen molar-refractivity contribution in [1.29, 1.82) is 0 Å². The molecule has 0 radical (unpaired) electrons. The summed E-state index contributed by atoms with van der Waals surface area (Å²) in [5.74, 6) is 1.96. The van der Waals surface area contributed by atoms with E-state index >= 15 is 0 Å². The number of rotatable bonds is 4. The molecule has 0 N–H and O–H groups in total. The highest BCUT2D eigenvalue weighted by atomic mass is 127. The molecule has 4 rings (SSSR count). The summed E-state index contributed by atoms with van der Waals surface area (Å²) in [6.45, 7) is 0.955. The van der Waals surface area contributed by atoms with E-state index < -0.39 is 0 Å². The lowest BCUT2D eigenvalue weighted by Crippen LogP contribution is -2.15. The summed E-state index contributed by atoms with van der Waals surface area (Å²) in [4.78, 5) is 4.58. The van der Waals surface area contributed by atoms with Crippen LogP contribution >= 0.6 is 34.2 Å². The second kappa shape index (κ2) is 4.57. The Labute approximate surface area is 135 Å². The fourth-order valence-corrected chi connectivity index (χ4v) is 3.97. The van der Waals surface area contributed by atoms with E-state index in [0.29, 0.717) is 14.9 Å². The van der Waals surface area contributed by atoms with E-state index in [1.165, 1.54) is 25.7 Å². The van der Waals surface area contributed by atoms with Crippen molar-refractivity contribution in [3.63, 3.8) is 0 Å². The molecule has 2 saturated carbocycles. The average molecular weight is 405 g/mol. The van der Waals surface area contributed by atoms with Gasteiger partial charge < -0.3 is 4.57 Å². The number of hydrogen-bond acceptors (Lipinski definition) is 1. The zero-order chi connectivity index (χ0) is 13.9. The SMILES string of the molecule is Fc1cc2c(cc1I)nc(CCl)n2CC1(C2CC2)CC1. The van der Waals surface area contributed by atoms with Crippen LogP contribution in [0.15, 0.2) is 12.1 Å². The van der Waals surface area contributed by atoms with Crippen molar-refractivity contribution in [2.45, 2.75) is 38.1 Å². The highest BCUT2D eigenvalue weighted by Gasteiger charge is 2.54. The molecular formula is C15H15ClFIN2. The lowest BCUT2D eigenvalue weighted by Gasteiger charge is -2.17. The third-order valence-corrected chi connectivity index (χ3v) is 5.86. The van der Waals surface area contributed by atoms with Crippen molar-refractivity contribution >= 4 is 45.2 Å². The number of aromatic nitrogens is 2. The lowest BCUT2D eigenvalue weighted by atomic mass is 10.0. The molecule has 20 heavy (non-hydrogen) atoms. The quantitative estimate of drug-likeness (QED) is 0.533. The molecular weight excluding hydrogens is 390 g/mol. The van der Waals surface area contributed by atoms with E-state index in [4.69, 9.17) is 11.6 Å². The first-order valence-corrected chi connectivity index (χ1v) is 8.64. The van der Waals surface area contributed by atoms with E-state index in [0.717, 1.165) is 29.3 Å². The molecule has 2 aromatic rings. The van der Waals surface area contributed by atoms with Crippen molar-refractivity contribution < 1.29 is 4.39 Å². The van der Waals surface area contributed by atoms with Crippen LogP contribution in [-0.2, 0) is 12.4 Å². The van der Waals surface area contributed by atoms with Gasteiger partial charge in [-0.25, -0.2) is 9.37 Å². The van der Waals surface area contributed by atoms with Crippen LogP contribution in [0.1, 0.15) is 31.5 Å². The van der Waals surface area contributed by atoms with Gasteiger partial charge in [-0.3, -0.25) is 0 Å². The van der Waals surface area contributed by atoms with Gasteiger partial charge in [0.15, 0.2) is 0 Å². The van der Waals surface area contributed by atoms with Gasteiger partial charge in [-0.15, -0.1) is 11.6 Å². The summed E-state index contributed by atoms with van der Waals surface area (Å²) in [6.07, 6.45) is 5.31. The van der Waals surface area contributed by atoms with Gasteiger partial charge in [0.05, 0.1) is 20.5 Å². The molecule has 0 aliphatic heterocycles. The molecule has 2 aliphatic carbocycles. The molecule has 0 amide bonds. The Balaban J connectivity index is 1.81. The summed E-state index contributed by atoms with van der Waals surface area (Å²) in [5.41, 5.74) is 2.21. The number of alkyl halides is 1. The molecule has 106 valence electrons. The Morgan fingerprint density at radius 2 is 2.15 bits per heavy atom. The molecule has 2 nitrogen and oxygen atoms in total. The maximum Gasteiger partial charge on any atom is 0.138 e. The predicted octanol–water partition coefficient (Wildman–Crippen LogP) is 4.71. The zero-order valence-corrected chi connectivity index (χ0v) is 13.9. The van der Waals surface area contributed by atoms with Crippen LogP contribution in [0, 0.1) is 20.7 Å². The molecule has 1 heterocycles. The maximum atomic E-state index is 13.9. The van der Waals surface area contributed by atoms with Crippen molar-refractivity contribution in [2.24, 2.45) is 11.3 Å². The van der Waals surface area contributed by atoms with Crippen LogP contribution < -0.4 is 0 Å². The summed E-state index contributed by atoms with van der Waals surface area (Å²) < 4.78 is 16.7. The van der Waals surface area contributed by atoms with E-state index in [1.807, 2.05) is 28.7 Å². The van der Waals surface area contributed by atoms with Gasteiger partial charge >= 0.3 is 0 Å². The van der Waals surface area contributed by atoms with Crippen molar-refractivity contribution in [3.05, 3.63) is 27.3 Å². The highest BCUT2D eigenvalue weighted by Crippen LogP contribution is 2.62. The number of benzene rings is 1. The Morgan fingerprint density at radius 3 is 2.75 bits per heavy atom. The zero-order valence-electron chi connectivity index (χ0n) is 11.0. The van der Waals surface area contributed by atoms with Crippen LogP contribution in [0.2, 0.25) is 0 Å². The molecule has 5 heteroatoms. The molecule has 0 atom stereocenters. The Kier molecular flexibility index (Phi) is 3.04. The third-order valence-electron chi connectivity index (χ3n) is 4.80. The largest absolute Gasteiger partial charge is 0.326 e. The van der Waals surface area contributed by atoms with E-state index in [1.54, 1.807) is 6.07 Å². The van der Waals surface area contributed by atoms with Gasteiger partial charge in [0.1, 0.15) is 11.6 Å². The van der Waals surface area contributed by atoms with Crippen LogP contribution in [0.5, 0.6) is 0 Å². The average Bonchev–Trinajstić information content (AvgIpc) is 3.30. The van der Waals surface area contributed by atoms with Crippen molar-refractivity contribution in [1.82, 2.24) is 9.55 Å². The van der Waals surface area contributed by atoms with Gasteiger partial charge in [-0.2, -0.15) is 0 Å². The number of nitrogens with zero attached hydrogens (tertiary/aromatic N) is 2. The smallest absolute Gasteiger partial charge is 0.138 e. The summed E-state index contributed by atoms with van der Waals surface area (Å²) in [7, 11) is 0. The Bertz CT molecular complexity index is 689. The molecule has 1 aromatic carbocycles. The number of halogens is 3. The first-order chi connectivity index (χ1) is 9.63. The maximum absolute atomic E-state index is 13.9. The summed E-state index contributed by atoms with van der Waals surface area (Å²) >= 11 is 8.06. The predicted molar refractivity (Wildman–Crippen MR) is 86.4 cm³/mol. The van der Waals surface area contributed by atoms with E-state index in [-0.39, 0.29) is 5.82 Å². The third kappa shape index (κ3) is 2.06. The van der Waals surface area contributed by atoms with Gasteiger partial charge in [0, 0.05) is 12.6 Å². The minimum Gasteiger partial charge on any atom is -0.326 e. The van der Waals surface area contributed by atoms with Crippen molar-refractivity contribution in [3.8, 4) is 0 Å². The molecule has 1 aromatic heterocycles. The van der Waals surface area contributed by atoms with E-state index in [9.17, 15) is 4.39 Å². The lowest BCUT2D eigenvalue weighted by molar-refractivity contribution is 0.370. The Morgan fingerprint density at radius 1 is 1.40 bits per heavy atom. The van der Waals surface area contributed by atoms with Gasteiger partial charge in [0.25, 0.3) is 0 Å². The molecule has 0 bridgehead atoms. The van der Waals surface area contributed by atoms with Gasteiger partial charge in [-0.05, 0) is 65.7 Å². The highest BCUT2D eigenvalue weighted by molar-refractivity contribution is 14.1. The monoisotopic (exact) mass is 404 g/mol. The molecule has 0 saturated heterocycles. The van der Waals surface area contributed by atoms with Crippen LogP contribution in [0.25, 0.3) is 11.0 Å². The summed E-state index contributed by atoms with van der Waals surface area (Å²) in [5, 5.41) is 0. The fourth-order valence-electron chi connectivity index (χ4n) is 3.32. The fraction of sp³-hybridized carbons (Fsp3) is 0.533. The Hall–Kier alpha value is -0.360. The second-order valence-electron chi connectivity index (χ2n) is 6.14. The minimum absolute atomic E-state index is 0.170. The number of hydrogen-bond donors (Lipinski definition) is 0. The van der Waals surface area contributed by atoms with Crippen molar-refractivity contribution in [2.75, 3.05) is 0 Å². The summed E-state index contributed by atoms with van der Waals surface area (Å²) in [6, 6.07) is 3.43. The number of fused-ring (bicyclic) bond motifs is 1. The minimum atomic E-state index is -0.170. The van der Waals surface area contributed by atoms with Gasteiger partial charge in [0.2, 0.25) is 0 Å². The topological polar surface area (TPSA) is 17.8 Å². The number of imidazole rings is 1. The van der Waals surface area contributed by atoms with Crippen LogP contribution in [0.4, 0.5) is 4.39 Å². The molecule has 2 fully saturated rings. The molecule has 0 spiro atoms. The molecule has 2 aliphatic rings. The second-order valence-corrected chi connectivity index (χ2v) is 7.57. The van der Waals surface area contributed by atoms with Crippen LogP contribution in [0.3, 0.4) is 0 Å². The normalized spacial score (nSPS) is 20.6. The standard InChI is InChI=1S/C15H15ClFIN2/c16-7-14-19-12-6-11(18)10(17)5-13(12)20(14)8-15(3-4-15)9-1-2-9/h5-6,9H,1-4,7-8H2.